The van der Waals surface area contributed by atoms with Crippen LogP contribution in [0.3, 0.4) is 0 Å². The van der Waals surface area contributed by atoms with Gasteiger partial charge in [-0.05, 0) is 32.9 Å². The van der Waals surface area contributed by atoms with E-state index in [0.717, 1.165) is 6.92 Å². The minimum atomic E-state index is -4.96. The van der Waals surface area contributed by atoms with E-state index in [0.29, 0.717) is 0 Å². The van der Waals surface area contributed by atoms with Crippen molar-refractivity contribution in [2.24, 2.45) is 0 Å². The average Bonchev–Trinajstić information content (AvgIpc) is 3.06. The molecule has 222 valence electrons. The lowest BCUT2D eigenvalue weighted by atomic mass is 9.95. The quantitative estimate of drug-likeness (QED) is 0.197. The topological polar surface area (TPSA) is 164 Å². The van der Waals surface area contributed by atoms with Crippen LogP contribution >= 0.6 is 7.75 Å². The van der Waals surface area contributed by atoms with Crippen molar-refractivity contribution in [1.82, 2.24) is 14.6 Å². The van der Waals surface area contributed by atoms with Crippen LogP contribution in [0.25, 0.3) is 0 Å². The molecule has 3 rings (SSSR count). The highest BCUT2D eigenvalue weighted by Gasteiger charge is 2.74. The summed E-state index contributed by atoms with van der Waals surface area (Å²) < 4.78 is 107. The molecule has 1 saturated heterocycles. The van der Waals surface area contributed by atoms with Crippen LogP contribution in [0.2, 0.25) is 0 Å². The number of para-hydroxylation sites is 1. The lowest BCUT2D eigenvalue weighted by molar-refractivity contribution is -0.242. The number of nitrogens with one attached hydrogen (secondary N) is 1. The summed E-state index contributed by atoms with van der Waals surface area (Å²) in [5.74, 6) is -8.32. The Morgan fingerprint density at radius 1 is 1.27 bits per heavy atom. The average molecular weight is 600 g/mol. The third kappa shape index (κ3) is 6.28. The summed E-state index contributed by atoms with van der Waals surface area (Å²) in [5.41, 5.74) is -0.398. The summed E-state index contributed by atoms with van der Waals surface area (Å²) in [6.07, 6.45) is -10.3. The zero-order valence-electron chi connectivity index (χ0n) is 21.2. The van der Waals surface area contributed by atoms with Crippen LogP contribution in [-0.4, -0.2) is 63.4 Å². The van der Waals surface area contributed by atoms with Crippen LogP contribution in [0.1, 0.15) is 27.0 Å². The molecule has 1 aliphatic rings. The first-order chi connectivity index (χ1) is 18.5. The maximum absolute atomic E-state index is 15.3. The van der Waals surface area contributed by atoms with Crippen molar-refractivity contribution in [3.05, 3.63) is 52.8 Å². The van der Waals surface area contributed by atoms with Gasteiger partial charge < -0.3 is 24.8 Å². The number of carbonyl (C=O) groups excluding carboxylic acids is 1. The predicted molar refractivity (Wildman–Crippen MR) is 127 cm³/mol. The Morgan fingerprint density at radius 3 is 2.48 bits per heavy atom. The fourth-order valence-electron chi connectivity index (χ4n) is 3.54. The van der Waals surface area contributed by atoms with Crippen molar-refractivity contribution in [1.29, 1.82) is 0 Å². The maximum Gasteiger partial charge on any atom is 0.459 e. The van der Waals surface area contributed by atoms with Gasteiger partial charge >= 0.3 is 25.3 Å². The summed E-state index contributed by atoms with van der Waals surface area (Å²) in [6.45, 7) is 2.28. The monoisotopic (exact) mass is 600 g/mol. The van der Waals surface area contributed by atoms with Crippen LogP contribution in [0.15, 0.2) is 41.3 Å². The molecule has 0 spiro atoms. The molecule has 1 aromatic carbocycles. The second-order valence-electron chi connectivity index (χ2n) is 8.94. The van der Waals surface area contributed by atoms with Crippen LogP contribution < -0.4 is 21.0 Å². The molecule has 0 radical (unpaired) electrons. The first-order valence-corrected chi connectivity index (χ1v) is 13.1. The number of aromatic nitrogens is 2. The summed E-state index contributed by atoms with van der Waals surface area (Å²) in [4.78, 5) is 27.4. The van der Waals surface area contributed by atoms with E-state index in [1.165, 1.54) is 38.1 Å². The van der Waals surface area contributed by atoms with E-state index in [2.05, 4.69) is 10.1 Å². The Bertz CT molecular complexity index is 1320. The van der Waals surface area contributed by atoms with Gasteiger partial charge in [-0.15, -0.1) is 0 Å². The van der Waals surface area contributed by atoms with Gasteiger partial charge in [0.25, 0.3) is 6.43 Å². The number of nitrogen functional groups attached to an aromatic ring is 1. The van der Waals surface area contributed by atoms with E-state index in [9.17, 15) is 32.4 Å². The SMILES string of the molecule is CC(C)OC(=O)C(C)NP(=O)(OCC1(C(F)F)OC(n2cc(F)c(N)nc2=O)C(O)C1(F)F)Oc1ccccc1. The number of hydrogen-bond donors (Lipinski definition) is 3. The first-order valence-electron chi connectivity index (χ1n) is 11.6. The first kappa shape index (κ1) is 31.4. The summed E-state index contributed by atoms with van der Waals surface area (Å²) in [5, 5.41) is 12.4. The fourth-order valence-corrected chi connectivity index (χ4v) is 5.06. The molecular formula is C22H26F5N4O8P. The van der Waals surface area contributed by atoms with Crippen LogP contribution in [0, 0.1) is 5.82 Å². The number of carbonyl (C=O) groups is 1. The minimum absolute atomic E-state index is 0.0106. The number of hydrogen-bond acceptors (Lipinski definition) is 10. The van der Waals surface area contributed by atoms with Gasteiger partial charge in [-0.3, -0.25) is 13.9 Å². The number of esters is 1. The number of aliphatic hydroxyl groups is 1. The minimum Gasteiger partial charge on any atom is -0.462 e. The molecule has 4 N–H and O–H groups in total. The standard InChI is InChI=1S/C22H26F5N4O8P/c1-11(2)37-18(33)12(3)30-40(35,39-13-7-5-4-6-8-13)36-10-21(19(24)25)22(26,27)15(32)17(38-21)31-9-14(23)16(28)29-20(31)34/h4-9,11-12,15,17,19,32H,10H2,1-3H3,(H,30,35)(H2,28,29,34). The van der Waals surface area contributed by atoms with Gasteiger partial charge in [0, 0.05) is 0 Å². The van der Waals surface area contributed by atoms with Gasteiger partial charge in [0.15, 0.2) is 24.0 Å². The second-order valence-corrected chi connectivity index (χ2v) is 10.6. The van der Waals surface area contributed by atoms with E-state index in [-0.39, 0.29) is 16.5 Å². The molecule has 5 unspecified atom stereocenters. The number of alkyl halides is 4. The van der Waals surface area contributed by atoms with E-state index in [1.54, 1.807) is 6.07 Å². The van der Waals surface area contributed by atoms with Crippen molar-refractivity contribution < 1.29 is 54.9 Å². The van der Waals surface area contributed by atoms with E-state index < -0.39 is 80.1 Å². The summed E-state index contributed by atoms with van der Waals surface area (Å²) in [6, 6.07) is 5.50. The van der Waals surface area contributed by atoms with E-state index in [4.69, 9.17) is 24.3 Å². The fraction of sp³-hybridized carbons (Fsp3) is 0.500. The third-order valence-electron chi connectivity index (χ3n) is 5.57. The normalized spacial score (nSPS) is 24.6. The number of nitrogens with two attached hydrogens (primary N) is 1. The van der Waals surface area contributed by atoms with Crippen molar-refractivity contribution in [2.75, 3.05) is 12.3 Å². The molecule has 0 saturated carbocycles. The zero-order valence-corrected chi connectivity index (χ0v) is 22.1. The highest BCUT2D eigenvalue weighted by atomic mass is 31.2. The molecule has 5 atom stereocenters. The molecule has 1 aromatic heterocycles. The largest absolute Gasteiger partial charge is 0.462 e. The number of anilines is 1. The summed E-state index contributed by atoms with van der Waals surface area (Å²) in [7, 11) is -4.96. The number of nitrogens with zero attached hydrogens (tertiary/aromatic N) is 2. The maximum atomic E-state index is 15.3. The molecule has 12 nitrogen and oxygen atoms in total. The van der Waals surface area contributed by atoms with Crippen LogP contribution in [0.4, 0.5) is 27.8 Å². The molecule has 40 heavy (non-hydrogen) atoms. The highest BCUT2D eigenvalue weighted by Crippen LogP contribution is 2.54. The van der Waals surface area contributed by atoms with E-state index in [1.807, 2.05) is 0 Å². The number of aliphatic hydroxyl groups excluding tert-OH is 1. The number of benzene rings is 1. The molecule has 1 aliphatic heterocycles. The molecule has 2 aromatic rings. The van der Waals surface area contributed by atoms with Crippen molar-refractivity contribution in [2.45, 2.75) is 63.2 Å². The molecular weight excluding hydrogens is 574 g/mol. The Morgan fingerprint density at radius 2 is 1.90 bits per heavy atom. The second kappa shape index (κ2) is 11.8. The Hall–Kier alpha value is -3.11. The van der Waals surface area contributed by atoms with Gasteiger partial charge in [0.05, 0.1) is 18.9 Å². The summed E-state index contributed by atoms with van der Waals surface area (Å²) >= 11 is 0. The smallest absolute Gasteiger partial charge is 0.459 e. The molecule has 1 fully saturated rings. The number of rotatable bonds is 11. The Labute approximate surface area is 223 Å². The highest BCUT2D eigenvalue weighted by molar-refractivity contribution is 7.52. The van der Waals surface area contributed by atoms with Gasteiger partial charge in [-0.1, -0.05) is 18.2 Å². The zero-order chi connectivity index (χ0) is 30.0. The molecule has 2 heterocycles. The van der Waals surface area contributed by atoms with Crippen LogP contribution in [-0.2, 0) is 23.4 Å². The van der Waals surface area contributed by atoms with E-state index >= 15 is 8.78 Å². The van der Waals surface area contributed by atoms with Gasteiger partial charge in [0.1, 0.15) is 11.8 Å². The Balaban J connectivity index is 1.97. The Kier molecular flexibility index (Phi) is 9.26. The third-order valence-corrected chi connectivity index (χ3v) is 7.20. The number of halogens is 5. The van der Waals surface area contributed by atoms with Gasteiger partial charge in [-0.25, -0.2) is 22.5 Å². The predicted octanol–water partition coefficient (Wildman–Crippen LogP) is 2.63. The molecule has 0 aliphatic carbocycles. The number of ether oxygens (including phenoxy) is 2. The lowest BCUT2D eigenvalue weighted by Crippen LogP contribution is -2.57. The molecule has 0 amide bonds. The van der Waals surface area contributed by atoms with Crippen molar-refractivity contribution in [3.8, 4) is 5.75 Å². The van der Waals surface area contributed by atoms with Crippen LogP contribution in [0.5, 0.6) is 5.75 Å². The van der Waals surface area contributed by atoms with Crippen molar-refractivity contribution in [3.63, 3.8) is 0 Å². The van der Waals surface area contributed by atoms with Gasteiger partial charge in [-0.2, -0.15) is 18.9 Å². The molecule has 0 bridgehead atoms. The van der Waals surface area contributed by atoms with Crippen molar-refractivity contribution >= 4 is 19.5 Å². The molecule has 18 heteroatoms. The van der Waals surface area contributed by atoms with Gasteiger partial charge in [0.2, 0.25) is 5.60 Å². The lowest BCUT2D eigenvalue weighted by Gasteiger charge is -2.34.